The van der Waals surface area contributed by atoms with E-state index >= 15 is 0 Å². The van der Waals surface area contributed by atoms with E-state index in [0.29, 0.717) is 5.75 Å². The number of benzene rings is 2. The van der Waals surface area contributed by atoms with E-state index in [0.717, 1.165) is 9.13 Å². The van der Waals surface area contributed by atoms with Gasteiger partial charge in [-0.2, -0.15) is 0 Å². The molecule has 5 heteroatoms. The fraction of sp³-hybridized carbons (Fsp3) is 0.133. The minimum Gasteiger partial charge on any atom is -0.489 e. The van der Waals surface area contributed by atoms with Crippen LogP contribution in [0, 0.1) is 3.57 Å². The van der Waals surface area contributed by atoms with Gasteiger partial charge < -0.3 is 14.9 Å². The summed E-state index contributed by atoms with van der Waals surface area (Å²) in [6.07, 6.45) is -0.750. The van der Waals surface area contributed by atoms with Gasteiger partial charge in [-0.25, -0.2) is 4.79 Å². The lowest BCUT2D eigenvalue weighted by Gasteiger charge is -2.14. The molecule has 2 aromatic rings. The molecule has 0 aliphatic heterocycles. The lowest BCUT2D eigenvalue weighted by molar-refractivity contribution is 0.0696. The molecule has 0 spiro atoms. The average molecular weight is 384 g/mol. The van der Waals surface area contributed by atoms with Gasteiger partial charge in [-0.3, -0.25) is 0 Å². The van der Waals surface area contributed by atoms with Crippen LogP contribution in [0.1, 0.15) is 22.0 Å². The van der Waals surface area contributed by atoms with Crippen LogP contribution in [0.5, 0.6) is 5.75 Å². The van der Waals surface area contributed by atoms with Crippen molar-refractivity contribution in [3.63, 3.8) is 0 Å². The Balaban J connectivity index is 2.07. The van der Waals surface area contributed by atoms with Crippen LogP contribution >= 0.6 is 22.6 Å². The van der Waals surface area contributed by atoms with Gasteiger partial charge in [0, 0.05) is 0 Å². The average Bonchev–Trinajstić information content (AvgIpc) is 2.46. The normalized spacial score (nSPS) is 11.9. The Bertz CT molecular complexity index is 598. The Morgan fingerprint density at radius 1 is 1.20 bits per heavy atom. The SMILES string of the molecule is O=C(O)c1ccc(I)c(OCC(O)c2ccccc2)c1. The lowest BCUT2D eigenvalue weighted by Crippen LogP contribution is -2.10. The molecule has 20 heavy (non-hydrogen) atoms. The van der Waals surface area contributed by atoms with E-state index in [1.165, 1.54) is 12.1 Å². The number of aliphatic hydroxyl groups is 1. The molecule has 0 saturated carbocycles. The number of aliphatic hydroxyl groups excluding tert-OH is 1. The molecule has 1 atom stereocenters. The summed E-state index contributed by atoms with van der Waals surface area (Å²) in [5, 5.41) is 19.0. The molecule has 0 heterocycles. The fourth-order valence-corrected chi connectivity index (χ4v) is 2.18. The second-order valence-corrected chi connectivity index (χ2v) is 5.35. The maximum absolute atomic E-state index is 10.9. The summed E-state index contributed by atoms with van der Waals surface area (Å²) in [6, 6.07) is 13.8. The maximum Gasteiger partial charge on any atom is 0.335 e. The van der Waals surface area contributed by atoms with Crippen molar-refractivity contribution >= 4 is 28.6 Å². The molecule has 0 bridgehead atoms. The van der Waals surface area contributed by atoms with Gasteiger partial charge in [-0.05, 0) is 46.4 Å². The molecule has 0 aromatic heterocycles. The van der Waals surface area contributed by atoms with E-state index in [9.17, 15) is 9.90 Å². The Labute approximate surface area is 130 Å². The number of carbonyl (C=O) groups is 1. The van der Waals surface area contributed by atoms with Gasteiger partial charge in [0.25, 0.3) is 0 Å². The summed E-state index contributed by atoms with van der Waals surface area (Å²) in [6.45, 7) is 0.0725. The highest BCUT2D eigenvalue weighted by Crippen LogP contribution is 2.24. The van der Waals surface area contributed by atoms with Crippen LogP contribution in [-0.2, 0) is 0 Å². The molecule has 0 fully saturated rings. The molecule has 4 nitrogen and oxygen atoms in total. The molecular formula is C15H13IO4. The van der Waals surface area contributed by atoms with Gasteiger partial charge in [0.15, 0.2) is 0 Å². The second kappa shape index (κ2) is 6.71. The third-order valence-electron chi connectivity index (χ3n) is 2.76. The number of carboxylic acids is 1. The van der Waals surface area contributed by atoms with Crippen molar-refractivity contribution in [2.45, 2.75) is 6.10 Å². The van der Waals surface area contributed by atoms with Crippen molar-refractivity contribution in [3.05, 3.63) is 63.2 Å². The van der Waals surface area contributed by atoms with Crippen LogP contribution in [0.2, 0.25) is 0 Å². The molecule has 0 radical (unpaired) electrons. The highest BCUT2D eigenvalue weighted by atomic mass is 127. The van der Waals surface area contributed by atoms with Crippen LogP contribution in [-0.4, -0.2) is 22.8 Å². The monoisotopic (exact) mass is 384 g/mol. The molecule has 2 rings (SSSR count). The number of aromatic carboxylic acids is 1. The van der Waals surface area contributed by atoms with Gasteiger partial charge in [-0.1, -0.05) is 30.3 Å². The highest BCUT2D eigenvalue weighted by Gasteiger charge is 2.11. The zero-order valence-electron chi connectivity index (χ0n) is 10.5. The highest BCUT2D eigenvalue weighted by molar-refractivity contribution is 14.1. The van der Waals surface area contributed by atoms with Gasteiger partial charge >= 0.3 is 5.97 Å². The zero-order valence-corrected chi connectivity index (χ0v) is 12.6. The van der Waals surface area contributed by atoms with E-state index < -0.39 is 12.1 Å². The van der Waals surface area contributed by atoms with Gasteiger partial charge in [0.1, 0.15) is 18.5 Å². The minimum absolute atomic E-state index is 0.0725. The summed E-state index contributed by atoms with van der Waals surface area (Å²) in [5.74, 6) is -0.546. The van der Waals surface area contributed by atoms with E-state index in [1.807, 2.05) is 30.3 Å². The zero-order chi connectivity index (χ0) is 14.5. The molecule has 104 valence electrons. The standard InChI is InChI=1S/C15H13IO4/c16-12-7-6-11(15(18)19)8-14(12)20-9-13(17)10-4-2-1-3-5-10/h1-8,13,17H,9H2,(H,18,19). The topological polar surface area (TPSA) is 66.8 Å². The Morgan fingerprint density at radius 2 is 1.90 bits per heavy atom. The molecule has 2 N–H and O–H groups in total. The number of rotatable bonds is 5. The van der Waals surface area contributed by atoms with Crippen molar-refractivity contribution in [2.24, 2.45) is 0 Å². The van der Waals surface area contributed by atoms with Crippen molar-refractivity contribution in [1.82, 2.24) is 0 Å². The van der Waals surface area contributed by atoms with Crippen molar-refractivity contribution in [1.29, 1.82) is 0 Å². The van der Waals surface area contributed by atoms with Crippen molar-refractivity contribution < 1.29 is 19.7 Å². The van der Waals surface area contributed by atoms with Crippen molar-refractivity contribution in [3.8, 4) is 5.75 Å². The van der Waals surface area contributed by atoms with Crippen LogP contribution in [0.4, 0.5) is 0 Å². The predicted molar refractivity (Wildman–Crippen MR) is 83.0 cm³/mol. The molecule has 2 aromatic carbocycles. The van der Waals surface area contributed by atoms with Gasteiger partial charge in [0.05, 0.1) is 9.13 Å². The van der Waals surface area contributed by atoms with E-state index in [2.05, 4.69) is 22.6 Å². The summed E-state index contributed by atoms with van der Waals surface area (Å²) >= 11 is 2.06. The van der Waals surface area contributed by atoms with Crippen molar-refractivity contribution in [2.75, 3.05) is 6.61 Å². The minimum atomic E-state index is -1.00. The lowest BCUT2D eigenvalue weighted by atomic mass is 10.1. The quantitative estimate of drug-likeness (QED) is 0.778. The number of hydrogen-bond acceptors (Lipinski definition) is 3. The molecule has 0 aliphatic carbocycles. The van der Waals surface area contributed by atoms with Crippen LogP contribution in [0.3, 0.4) is 0 Å². The fourth-order valence-electron chi connectivity index (χ4n) is 1.69. The molecule has 0 aliphatic rings. The first-order valence-corrected chi connectivity index (χ1v) is 7.04. The van der Waals surface area contributed by atoms with E-state index in [1.54, 1.807) is 6.07 Å². The largest absolute Gasteiger partial charge is 0.489 e. The number of carboxylic acid groups (broad SMARTS) is 1. The third kappa shape index (κ3) is 3.71. The van der Waals surface area contributed by atoms with Crippen LogP contribution < -0.4 is 4.74 Å². The Kier molecular flexibility index (Phi) is 4.97. The molecule has 0 saturated heterocycles. The number of hydrogen-bond donors (Lipinski definition) is 2. The third-order valence-corrected chi connectivity index (χ3v) is 3.65. The first-order valence-electron chi connectivity index (χ1n) is 5.96. The predicted octanol–water partition coefficient (Wildman–Crippen LogP) is 3.10. The molecular weight excluding hydrogens is 371 g/mol. The smallest absolute Gasteiger partial charge is 0.335 e. The summed E-state index contributed by atoms with van der Waals surface area (Å²) < 4.78 is 6.32. The second-order valence-electron chi connectivity index (χ2n) is 4.19. The van der Waals surface area contributed by atoms with E-state index in [-0.39, 0.29) is 12.2 Å². The van der Waals surface area contributed by atoms with Crippen LogP contribution in [0.25, 0.3) is 0 Å². The van der Waals surface area contributed by atoms with Crippen LogP contribution in [0.15, 0.2) is 48.5 Å². The Hall–Kier alpha value is -1.60. The number of halogens is 1. The first kappa shape index (κ1) is 14.8. The summed E-state index contributed by atoms with van der Waals surface area (Å²) in [4.78, 5) is 10.9. The molecule has 0 amide bonds. The van der Waals surface area contributed by atoms with E-state index in [4.69, 9.17) is 9.84 Å². The molecule has 1 unspecified atom stereocenters. The van der Waals surface area contributed by atoms with Gasteiger partial charge in [0.2, 0.25) is 0 Å². The first-order chi connectivity index (χ1) is 9.58. The summed E-state index contributed by atoms with van der Waals surface area (Å²) in [5.41, 5.74) is 0.923. The summed E-state index contributed by atoms with van der Waals surface area (Å²) in [7, 11) is 0. The Morgan fingerprint density at radius 3 is 2.55 bits per heavy atom. The van der Waals surface area contributed by atoms with Gasteiger partial charge in [-0.15, -0.1) is 0 Å². The number of ether oxygens (including phenoxy) is 1. The maximum atomic E-state index is 10.9.